The highest BCUT2D eigenvalue weighted by Gasteiger charge is 2.31. The minimum absolute atomic E-state index is 0. The Labute approximate surface area is 163 Å². The van der Waals surface area contributed by atoms with Crippen LogP contribution in [0.15, 0.2) is 0 Å². The number of rotatable bonds is 5. The van der Waals surface area contributed by atoms with Crippen molar-refractivity contribution in [2.45, 2.75) is 25.3 Å². The van der Waals surface area contributed by atoms with E-state index in [-0.39, 0.29) is 42.5 Å². The summed E-state index contributed by atoms with van der Waals surface area (Å²) >= 11 is 0. The van der Waals surface area contributed by atoms with E-state index in [1.807, 2.05) is 4.90 Å². The van der Waals surface area contributed by atoms with Crippen LogP contribution in [-0.2, 0) is 14.3 Å². The Kier molecular flexibility index (Phi) is 11.6. The van der Waals surface area contributed by atoms with Gasteiger partial charge in [-0.05, 0) is 18.8 Å². The number of nitrogens with two attached hydrogens (primary N) is 1. The number of hydrogen-bond donors (Lipinski definition) is 1. The molecule has 0 aromatic carbocycles. The Morgan fingerprint density at radius 3 is 2.20 bits per heavy atom. The molecule has 25 heavy (non-hydrogen) atoms. The third-order valence-corrected chi connectivity index (χ3v) is 4.88. The van der Waals surface area contributed by atoms with E-state index >= 15 is 0 Å². The van der Waals surface area contributed by atoms with Gasteiger partial charge in [-0.2, -0.15) is 0 Å². The van der Waals surface area contributed by atoms with Crippen LogP contribution in [0.25, 0.3) is 0 Å². The first kappa shape index (κ1) is 24.4. The van der Waals surface area contributed by atoms with Gasteiger partial charge in [0, 0.05) is 66.5 Å². The molecule has 0 radical (unpaired) electrons. The zero-order valence-corrected chi connectivity index (χ0v) is 16.8. The minimum atomic E-state index is -0.402. The molecule has 148 valence electrons. The van der Waals surface area contributed by atoms with E-state index < -0.39 is 6.04 Å². The highest BCUT2D eigenvalue weighted by Crippen LogP contribution is 2.19. The number of nitrogens with zero attached hydrogens (tertiary/aromatic N) is 3. The van der Waals surface area contributed by atoms with E-state index in [9.17, 15) is 9.59 Å². The molecule has 2 N–H and O–H groups in total. The van der Waals surface area contributed by atoms with Crippen molar-refractivity contribution in [3.63, 3.8) is 0 Å². The van der Waals surface area contributed by atoms with E-state index in [0.29, 0.717) is 32.7 Å². The first-order valence-electron chi connectivity index (χ1n) is 8.53. The first-order valence-corrected chi connectivity index (χ1v) is 8.53. The molecular formula is C16H32Cl2N4O3. The highest BCUT2D eigenvalue weighted by atomic mass is 35.5. The Hall–Kier alpha value is -0.600. The molecule has 2 amide bonds. The lowest BCUT2D eigenvalue weighted by Gasteiger charge is -2.37. The maximum absolute atomic E-state index is 12.5. The molecule has 0 aromatic heterocycles. The van der Waals surface area contributed by atoms with E-state index in [1.165, 1.54) is 0 Å². The summed E-state index contributed by atoms with van der Waals surface area (Å²) in [5.41, 5.74) is 6.18. The first-order chi connectivity index (χ1) is 11.0. The quantitative estimate of drug-likeness (QED) is 0.715. The van der Waals surface area contributed by atoms with E-state index in [2.05, 4.69) is 4.90 Å². The molecular weight excluding hydrogens is 367 g/mol. The topological polar surface area (TPSA) is 79.1 Å². The Morgan fingerprint density at radius 1 is 1.12 bits per heavy atom. The van der Waals surface area contributed by atoms with Crippen LogP contribution in [0.5, 0.6) is 0 Å². The van der Waals surface area contributed by atoms with Gasteiger partial charge in [-0.25, -0.2) is 0 Å². The van der Waals surface area contributed by atoms with Gasteiger partial charge in [0.2, 0.25) is 11.8 Å². The van der Waals surface area contributed by atoms with Crippen LogP contribution in [0.3, 0.4) is 0 Å². The normalized spacial score (nSPS) is 20.2. The number of piperazine rings is 1. The van der Waals surface area contributed by atoms with Crippen LogP contribution in [-0.4, -0.2) is 92.6 Å². The summed E-state index contributed by atoms with van der Waals surface area (Å²) in [4.78, 5) is 29.9. The minimum Gasteiger partial charge on any atom is -0.381 e. The maximum atomic E-state index is 12.5. The molecule has 9 heteroatoms. The van der Waals surface area contributed by atoms with Crippen molar-refractivity contribution in [2.75, 3.05) is 60.0 Å². The van der Waals surface area contributed by atoms with Gasteiger partial charge < -0.3 is 20.3 Å². The molecule has 2 heterocycles. The fourth-order valence-corrected chi connectivity index (χ4v) is 3.16. The second-order valence-corrected chi connectivity index (χ2v) is 6.68. The monoisotopic (exact) mass is 398 g/mol. The maximum Gasteiger partial charge on any atom is 0.239 e. The van der Waals surface area contributed by atoms with Crippen molar-refractivity contribution >= 4 is 36.6 Å². The van der Waals surface area contributed by atoms with Gasteiger partial charge in [0.15, 0.2) is 0 Å². The number of hydrogen-bond acceptors (Lipinski definition) is 5. The fraction of sp³-hybridized carbons (Fsp3) is 0.875. The third kappa shape index (κ3) is 7.27. The third-order valence-electron chi connectivity index (χ3n) is 4.88. The van der Waals surface area contributed by atoms with Crippen LogP contribution < -0.4 is 5.73 Å². The Balaban J connectivity index is 0.00000288. The summed E-state index contributed by atoms with van der Waals surface area (Å²) < 4.78 is 5.33. The second-order valence-electron chi connectivity index (χ2n) is 6.68. The highest BCUT2D eigenvalue weighted by molar-refractivity contribution is 5.85. The molecule has 7 nitrogen and oxygen atoms in total. The van der Waals surface area contributed by atoms with Crippen LogP contribution in [0, 0.1) is 5.92 Å². The van der Waals surface area contributed by atoms with Crippen molar-refractivity contribution in [2.24, 2.45) is 11.7 Å². The van der Waals surface area contributed by atoms with Crippen LogP contribution >= 0.6 is 24.8 Å². The molecule has 1 unspecified atom stereocenters. The van der Waals surface area contributed by atoms with Crippen molar-refractivity contribution < 1.29 is 14.3 Å². The molecule has 2 saturated heterocycles. The lowest BCUT2D eigenvalue weighted by atomic mass is 9.91. The van der Waals surface area contributed by atoms with E-state index in [0.717, 1.165) is 32.5 Å². The van der Waals surface area contributed by atoms with Crippen molar-refractivity contribution in [3.05, 3.63) is 0 Å². The molecule has 0 bridgehead atoms. The van der Waals surface area contributed by atoms with Gasteiger partial charge in [-0.3, -0.25) is 14.5 Å². The second kappa shape index (κ2) is 11.9. The lowest BCUT2D eigenvalue weighted by Crippen LogP contribution is -2.55. The molecule has 1 atom stereocenters. The Bertz CT molecular complexity index is 412. The van der Waals surface area contributed by atoms with Gasteiger partial charge in [0.1, 0.15) is 0 Å². The molecule has 0 aliphatic carbocycles. The van der Waals surface area contributed by atoms with Crippen LogP contribution in [0.1, 0.15) is 19.3 Å². The predicted octanol–water partition coefficient (Wildman–Crippen LogP) is 0.206. The summed E-state index contributed by atoms with van der Waals surface area (Å²) in [5, 5.41) is 0. The number of carbonyl (C=O) groups excluding carboxylic acids is 2. The van der Waals surface area contributed by atoms with Gasteiger partial charge in [0.25, 0.3) is 0 Å². The van der Waals surface area contributed by atoms with Crippen molar-refractivity contribution in [1.82, 2.24) is 14.7 Å². The van der Waals surface area contributed by atoms with Crippen molar-refractivity contribution in [1.29, 1.82) is 0 Å². The zero-order valence-electron chi connectivity index (χ0n) is 15.2. The summed E-state index contributed by atoms with van der Waals surface area (Å²) in [5.74, 6) is 0.456. The molecule has 2 rings (SSSR count). The van der Waals surface area contributed by atoms with E-state index in [4.69, 9.17) is 10.5 Å². The molecule has 2 fully saturated rings. The van der Waals surface area contributed by atoms with Gasteiger partial charge >= 0.3 is 0 Å². The van der Waals surface area contributed by atoms with Gasteiger partial charge in [0.05, 0.1) is 6.04 Å². The number of amides is 2. The largest absolute Gasteiger partial charge is 0.381 e. The van der Waals surface area contributed by atoms with E-state index in [1.54, 1.807) is 19.0 Å². The molecule has 2 aliphatic rings. The molecule has 0 aromatic rings. The fourth-order valence-electron chi connectivity index (χ4n) is 3.16. The lowest BCUT2D eigenvalue weighted by molar-refractivity contribution is -0.137. The summed E-state index contributed by atoms with van der Waals surface area (Å²) in [6, 6.07) is -0.402. The number of ether oxygens (including phenoxy) is 1. The number of carbonyl (C=O) groups is 2. The SMILES string of the molecule is CN(C)C(=O)CCN1CCN(C(=O)C(N)C2CCOCC2)CC1.Cl.Cl. The number of halogens is 2. The van der Waals surface area contributed by atoms with Crippen LogP contribution in [0.4, 0.5) is 0 Å². The zero-order chi connectivity index (χ0) is 16.8. The average Bonchev–Trinajstić information content (AvgIpc) is 2.59. The Morgan fingerprint density at radius 2 is 1.68 bits per heavy atom. The summed E-state index contributed by atoms with van der Waals surface area (Å²) in [6.45, 7) is 5.20. The van der Waals surface area contributed by atoms with Gasteiger partial charge in [-0.15, -0.1) is 24.8 Å². The summed E-state index contributed by atoms with van der Waals surface area (Å²) in [6.07, 6.45) is 2.28. The molecule has 0 spiro atoms. The predicted molar refractivity (Wildman–Crippen MR) is 102 cm³/mol. The summed E-state index contributed by atoms with van der Waals surface area (Å²) in [7, 11) is 3.55. The standard InChI is InChI=1S/C16H30N4O3.2ClH/c1-18(2)14(21)3-6-19-7-9-20(10-8-19)16(22)15(17)13-4-11-23-12-5-13;;/h13,15H,3-12,17H2,1-2H3;2*1H. The van der Waals surface area contributed by atoms with Gasteiger partial charge in [-0.1, -0.05) is 0 Å². The molecule has 2 aliphatic heterocycles. The smallest absolute Gasteiger partial charge is 0.239 e. The van der Waals surface area contributed by atoms with Crippen molar-refractivity contribution in [3.8, 4) is 0 Å². The van der Waals surface area contributed by atoms with Crippen LogP contribution in [0.2, 0.25) is 0 Å². The molecule has 0 saturated carbocycles. The average molecular weight is 399 g/mol.